The van der Waals surface area contributed by atoms with Crippen molar-refractivity contribution in [2.45, 2.75) is 255 Å². The van der Waals surface area contributed by atoms with Crippen LogP contribution >= 0.6 is 0 Å². The summed E-state index contributed by atoms with van der Waals surface area (Å²) in [6.45, 7) is 33.0. The molecule has 2 aromatic carbocycles. The second-order valence-corrected chi connectivity index (χ2v) is 33.8. The van der Waals surface area contributed by atoms with Gasteiger partial charge in [0.2, 0.25) is 70.9 Å². The second kappa shape index (κ2) is 42.9. The Hall–Kier alpha value is -9.23. The van der Waals surface area contributed by atoms with Crippen LogP contribution in [0.2, 0.25) is 0 Å². The van der Waals surface area contributed by atoms with Gasteiger partial charge in [-0.15, -0.1) is 0 Å². The van der Waals surface area contributed by atoms with Crippen molar-refractivity contribution in [1.29, 1.82) is 0 Å². The van der Waals surface area contributed by atoms with Gasteiger partial charge in [-0.3, -0.25) is 62.4 Å². The van der Waals surface area contributed by atoms with Crippen molar-refractivity contribution in [1.82, 2.24) is 71.6 Å². The lowest BCUT2D eigenvalue weighted by Gasteiger charge is -2.39. The van der Waals surface area contributed by atoms with Gasteiger partial charge in [-0.2, -0.15) is 0 Å². The number of ether oxygens (including phenoxy) is 2. The highest BCUT2D eigenvalue weighted by Gasteiger charge is 2.48. The number of benzene rings is 2. The van der Waals surface area contributed by atoms with Crippen LogP contribution in [0.4, 0.5) is 0 Å². The van der Waals surface area contributed by atoms with E-state index in [0.29, 0.717) is 22.2 Å². The number of aliphatic hydroxyl groups is 2. The van der Waals surface area contributed by atoms with Crippen LogP contribution < -0.4 is 42.0 Å². The number of rotatable bonds is 24. The number of likely N-dealkylation sites (N-methyl/N-ethyl adjacent to an activating group) is 6. The molecule has 0 spiro atoms. The van der Waals surface area contributed by atoms with Crippen LogP contribution in [0.3, 0.4) is 0 Å². The summed E-state index contributed by atoms with van der Waals surface area (Å²) >= 11 is 0. The summed E-state index contributed by atoms with van der Waals surface area (Å²) in [5.74, 6) is -16.5. The van der Waals surface area contributed by atoms with Crippen molar-refractivity contribution >= 4 is 87.8 Å². The van der Waals surface area contributed by atoms with Crippen molar-refractivity contribution in [2.75, 3.05) is 56.4 Å². The van der Waals surface area contributed by atoms with E-state index in [1.54, 1.807) is 159 Å². The number of nitrogens with one attached hydrogen (secondary N) is 8. The first-order valence-electron chi connectivity index (χ1n) is 39.9. The second-order valence-electron chi connectivity index (χ2n) is 33.8. The number of esters is 1. The lowest BCUT2D eigenvalue weighted by molar-refractivity contribution is -0.161. The van der Waals surface area contributed by atoms with Gasteiger partial charge in [0.15, 0.2) is 0 Å². The number of H-pyrrole nitrogens is 1. The number of amides is 12. The van der Waals surface area contributed by atoms with Gasteiger partial charge in [0, 0.05) is 58.8 Å². The zero-order valence-electron chi connectivity index (χ0n) is 72.5. The van der Waals surface area contributed by atoms with Crippen LogP contribution in [0.25, 0.3) is 10.9 Å². The van der Waals surface area contributed by atoms with Gasteiger partial charge in [0.25, 0.3) is 0 Å². The molecule has 1 aromatic heterocycles. The molecule has 12 amide bonds. The van der Waals surface area contributed by atoms with E-state index >= 15 is 52.7 Å². The summed E-state index contributed by atoms with van der Waals surface area (Å²) in [7, 11) is 11.6. The maximum atomic E-state index is 15.8. The fourth-order valence-electron chi connectivity index (χ4n) is 14.8. The molecule has 0 saturated carbocycles. The number of hydrogen-bond donors (Lipinski definition) is 10. The molecule has 31 heteroatoms. The largest absolute Gasteiger partial charge is 0.496 e. The molecule has 1 saturated heterocycles. The first-order chi connectivity index (χ1) is 53.0. The van der Waals surface area contributed by atoms with Crippen LogP contribution in [0.5, 0.6) is 5.75 Å². The molecule has 3 aromatic rings. The molecule has 0 bridgehead atoms. The van der Waals surface area contributed by atoms with Gasteiger partial charge >= 0.3 is 5.97 Å². The first-order valence-corrected chi connectivity index (χ1v) is 39.9. The van der Waals surface area contributed by atoms with Crippen LogP contribution in [0.1, 0.15) is 169 Å². The Morgan fingerprint density at radius 3 is 1.53 bits per heavy atom. The number of methoxy groups -OCH3 is 1. The topological polar surface area (TPSA) is 400 Å². The quantitative estimate of drug-likeness (QED) is 0.0568. The van der Waals surface area contributed by atoms with Crippen LogP contribution in [-0.4, -0.2) is 269 Å². The molecule has 31 nitrogen and oxygen atoms in total. The summed E-state index contributed by atoms with van der Waals surface area (Å²) in [6.07, 6.45) is -3.66. The standard InChI is InChI=1S/C83H134N14O17/c1-29-49(18)68(96(26)80(109)62(45(10)11)87-75(104)66(47(14)15)92(21)22)76(105)90-64-51(20)114-83(112)63(46(12)13)89-74(103)65(70(99)52-34-31-30-32-35-52)91-73(102)59(42(4)5)85-72(101)56(39-53-40-84-54-36-33-37-57(113-28)58(53)54)94(24)82(111)67(48(16)17)95(25)79(108)61(44(8)9)86-71(100)55(38-41(2)3)93(23)78(107)60(43(6)7)88-77(106)69(50(19)98)97(27)81(64)110/h30-37,40-51,55-56,59-70,84,98-99H,29,38-39H2,1-28H3,(H,85,101)(H,86,100)(H,87,104)(H,88,106)(H,89,103)(H,90,105)(H,91,102)/t49-,50-,51-,55+,56+,59+,60+,61+,62?,63+,64+,65+,66+,67+,68+,69+,70-/m1/s1. The third-order valence-corrected chi connectivity index (χ3v) is 21.7. The summed E-state index contributed by atoms with van der Waals surface area (Å²) in [5.41, 5.74) is 1.27. The van der Waals surface area contributed by atoms with Crippen molar-refractivity contribution in [3.8, 4) is 5.75 Å². The first kappa shape index (κ1) is 97.1. The average Bonchev–Trinajstić information content (AvgIpc) is 1.65. The maximum Gasteiger partial charge on any atom is 0.329 e. The molecule has 1 unspecified atom stereocenters. The van der Waals surface area contributed by atoms with Crippen molar-refractivity contribution in [3.05, 3.63) is 65.9 Å². The zero-order chi connectivity index (χ0) is 86.8. The van der Waals surface area contributed by atoms with Crippen molar-refractivity contribution < 1.29 is 82.0 Å². The van der Waals surface area contributed by atoms with E-state index < -0.39 is 215 Å². The molecule has 638 valence electrons. The number of carbonyl (C=O) groups is 13. The predicted octanol–water partition coefficient (Wildman–Crippen LogP) is 3.92. The summed E-state index contributed by atoms with van der Waals surface area (Å²) in [5, 5.41) is 44.0. The number of fused-ring (bicyclic) bond motifs is 1. The minimum Gasteiger partial charge on any atom is -0.496 e. The highest BCUT2D eigenvalue weighted by atomic mass is 16.5. The Morgan fingerprint density at radius 2 is 1.04 bits per heavy atom. The molecule has 0 aliphatic carbocycles. The van der Waals surface area contributed by atoms with E-state index in [2.05, 4.69) is 42.2 Å². The van der Waals surface area contributed by atoms with Crippen LogP contribution in [-0.2, 0) is 73.5 Å². The Labute approximate surface area is 674 Å². The lowest BCUT2D eigenvalue weighted by atomic mass is 9.93. The van der Waals surface area contributed by atoms with Crippen molar-refractivity contribution in [2.24, 2.45) is 53.3 Å². The number of aromatic amines is 1. The van der Waals surface area contributed by atoms with E-state index in [9.17, 15) is 19.8 Å². The molecule has 1 aliphatic rings. The predicted molar refractivity (Wildman–Crippen MR) is 434 cm³/mol. The highest BCUT2D eigenvalue weighted by Crippen LogP contribution is 2.32. The Balaban J connectivity index is 2.09. The Kier molecular flexibility index (Phi) is 36.6. The molecular formula is C83H134N14O17. The third kappa shape index (κ3) is 24.2. The molecule has 4 rings (SSSR count). The zero-order valence-corrected chi connectivity index (χ0v) is 72.5. The average molecular weight is 1600 g/mol. The van der Waals surface area contributed by atoms with Gasteiger partial charge in [-0.25, -0.2) is 4.79 Å². The Morgan fingerprint density at radius 1 is 0.544 bits per heavy atom. The van der Waals surface area contributed by atoms with E-state index in [1.165, 1.54) is 76.0 Å². The molecule has 114 heavy (non-hydrogen) atoms. The van der Waals surface area contributed by atoms with Gasteiger partial charge < -0.3 is 86.4 Å². The third-order valence-electron chi connectivity index (χ3n) is 21.7. The van der Waals surface area contributed by atoms with E-state index in [-0.39, 0.29) is 36.7 Å². The molecule has 0 radical (unpaired) electrons. The summed E-state index contributed by atoms with van der Waals surface area (Å²) in [4.78, 5) is 208. The number of cyclic esters (lactones) is 1. The normalized spacial score (nSPS) is 24.3. The number of carbonyl (C=O) groups excluding carboxylic acids is 13. The summed E-state index contributed by atoms with van der Waals surface area (Å²) in [6, 6.07) is -6.23. The molecular weight excluding hydrogens is 1460 g/mol. The lowest BCUT2D eigenvalue weighted by Crippen LogP contribution is -2.65. The summed E-state index contributed by atoms with van der Waals surface area (Å²) < 4.78 is 11.9. The van der Waals surface area contributed by atoms with Gasteiger partial charge in [0.05, 0.1) is 19.3 Å². The maximum absolute atomic E-state index is 15.8. The molecule has 2 heterocycles. The highest BCUT2D eigenvalue weighted by molar-refractivity contribution is 6.01. The number of aliphatic hydroxyl groups excluding tert-OH is 2. The SMILES string of the molecule is CC[C@@H](C)[C@@H](C(=O)N[C@@H]1C(=O)N(C)[C@@H]([C@@H](C)O)C(=O)N[C@@H](C(C)C)C(=O)N(C)[C@@H](CC(C)C)C(=O)N[C@@H](C(C)C)C(=O)N(C)[C@@H](C(C)C)C(=O)N(C)[C@@H](Cc2c[nH]c3cccc(OC)c23)C(=O)N[C@@H](C(C)C)C(=O)N[C@@H]([C@H](O)c2ccccc2)C(=O)N[C@@H](C(C)C)C(=O)O[C@@H]1C)N(C)C(=O)C(NC(=O)[C@H](C(C)C)N(C)C)C(C)C. The molecule has 1 aliphatic heterocycles. The van der Waals surface area contributed by atoms with E-state index in [1.807, 2.05) is 27.7 Å². The smallest absolute Gasteiger partial charge is 0.329 e. The van der Waals surface area contributed by atoms with Gasteiger partial charge in [0.1, 0.15) is 90.5 Å². The monoisotopic (exact) mass is 1600 g/mol. The van der Waals surface area contributed by atoms with Crippen molar-refractivity contribution in [3.63, 3.8) is 0 Å². The fraction of sp³-hybridized carbons (Fsp3) is 0.675. The minimum atomic E-state index is -2.02. The molecule has 17 atom stereocenters. The van der Waals surface area contributed by atoms with Gasteiger partial charge in [-0.1, -0.05) is 167 Å². The van der Waals surface area contributed by atoms with Gasteiger partial charge in [-0.05, 0) is 111 Å². The number of aromatic nitrogens is 1. The Bertz CT molecular complexity index is 3800. The number of nitrogens with zero attached hydrogens (tertiary/aromatic N) is 6. The van der Waals surface area contributed by atoms with Crippen LogP contribution in [0.15, 0.2) is 54.7 Å². The molecule has 1 fully saturated rings. The van der Waals surface area contributed by atoms with Crippen LogP contribution in [0, 0.1) is 53.3 Å². The fourth-order valence-corrected chi connectivity index (χ4v) is 14.8. The molecule has 10 N–H and O–H groups in total. The van der Waals surface area contributed by atoms with E-state index in [0.717, 1.165) is 16.8 Å². The van der Waals surface area contributed by atoms with E-state index in [4.69, 9.17) is 9.47 Å². The minimum absolute atomic E-state index is 0.0286. The number of hydrogen-bond acceptors (Lipinski definition) is 18.